The second kappa shape index (κ2) is 7.00. The van der Waals surface area contributed by atoms with E-state index >= 15 is 0 Å². The average molecular weight is 345 g/mol. The van der Waals surface area contributed by atoms with Crippen LogP contribution < -0.4 is 0 Å². The van der Waals surface area contributed by atoms with E-state index in [0.717, 1.165) is 41.2 Å². The van der Waals surface area contributed by atoms with Gasteiger partial charge in [0, 0.05) is 38.5 Å². The molecule has 3 heterocycles. The number of hydrogen-bond acceptors (Lipinski definition) is 4. The summed E-state index contributed by atoms with van der Waals surface area (Å²) < 4.78 is 9.35. The predicted octanol–water partition coefficient (Wildman–Crippen LogP) is 1.79. The third kappa shape index (κ3) is 3.61. The van der Waals surface area contributed by atoms with Gasteiger partial charge in [0.2, 0.25) is 0 Å². The van der Waals surface area contributed by atoms with Gasteiger partial charge in [-0.25, -0.2) is 0 Å². The molecule has 1 aliphatic heterocycles. The molecule has 0 radical (unpaired) electrons. The summed E-state index contributed by atoms with van der Waals surface area (Å²) in [6.45, 7) is 7.72. The van der Waals surface area contributed by atoms with Crippen molar-refractivity contribution < 1.29 is 9.53 Å². The molecule has 136 valence electrons. The van der Waals surface area contributed by atoms with E-state index < -0.39 is 0 Å². The minimum atomic E-state index is -0.327. The number of ether oxygens (including phenoxy) is 1. The van der Waals surface area contributed by atoms with E-state index in [4.69, 9.17) is 4.74 Å². The first-order valence-electron chi connectivity index (χ1n) is 8.75. The zero-order chi connectivity index (χ0) is 18.1. The maximum absolute atomic E-state index is 13.0. The summed E-state index contributed by atoms with van der Waals surface area (Å²) in [5.41, 5.74) is 5.13. The predicted molar refractivity (Wildman–Crippen MR) is 93.9 cm³/mol. The van der Waals surface area contributed by atoms with Gasteiger partial charge in [0.25, 0.3) is 5.91 Å². The van der Waals surface area contributed by atoms with Crippen LogP contribution in [0.4, 0.5) is 0 Å². The Hall–Kier alpha value is -2.15. The molecule has 2 aromatic rings. The van der Waals surface area contributed by atoms with E-state index in [9.17, 15) is 4.79 Å². The van der Waals surface area contributed by atoms with E-state index in [1.807, 2.05) is 55.2 Å². The van der Waals surface area contributed by atoms with Crippen molar-refractivity contribution in [3.8, 4) is 0 Å². The van der Waals surface area contributed by atoms with Gasteiger partial charge in [0.15, 0.2) is 0 Å². The van der Waals surface area contributed by atoms with Gasteiger partial charge < -0.3 is 9.64 Å². The van der Waals surface area contributed by atoms with Crippen molar-refractivity contribution in [2.45, 2.75) is 52.8 Å². The van der Waals surface area contributed by atoms with Gasteiger partial charge in [-0.1, -0.05) is 0 Å². The molecule has 0 aliphatic carbocycles. The van der Waals surface area contributed by atoms with E-state index in [-0.39, 0.29) is 12.0 Å². The molecule has 0 N–H and O–H groups in total. The lowest BCUT2D eigenvalue weighted by atomic mass is 10.1. The van der Waals surface area contributed by atoms with Gasteiger partial charge in [0.1, 0.15) is 6.10 Å². The Bertz CT molecular complexity index is 771. The number of amides is 1. The largest absolute Gasteiger partial charge is 0.368 e. The van der Waals surface area contributed by atoms with E-state index in [0.29, 0.717) is 19.7 Å². The third-order valence-corrected chi connectivity index (χ3v) is 4.98. The molecule has 1 aliphatic rings. The minimum Gasteiger partial charge on any atom is -0.368 e. The third-order valence-electron chi connectivity index (χ3n) is 4.98. The standard InChI is InChI=1S/C18H27N5O2/c1-12-9-15(22(5)19-12)10-23(18(24)17-7-6-8-25-17)11-16-13(2)20-21(4)14(16)3/h9,17H,6-8,10-11H2,1-5H3/t17-/m0/s1. The lowest BCUT2D eigenvalue weighted by molar-refractivity contribution is -0.142. The molecule has 1 amide bonds. The number of rotatable bonds is 5. The Labute approximate surface area is 148 Å². The summed E-state index contributed by atoms with van der Waals surface area (Å²) in [6.07, 6.45) is 1.41. The van der Waals surface area contributed by atoms with Crippen molar-refractivity contribution in [1.29, 1.82) is 0 Å². The van der Waals surface area contributed by atoms with Crippen molar-refractivity contribution >= 4 is 5.91 Å². The fourth-order valence-electron chi connectivity index (χ4n) is 3.43. The van der Waals surface area contributed by atoms with Crippen molar-refractivity contribution in [2.75, 3.05) is 6.61 Å². The van der Waals surface area contributed by atoms with Crippen LogP contribution in [0.1, 0.15) is 41.2 Å². The van der Waals surface area contributed by atoms with Crippen LogP contribution in [-0.4, -0.2) is 43.1 Å². The Morgan fingerprint density at radius 1 is 1.24 bits per heavy atom. The summed E-state index contributed by atoms with van der Waals surface area (Å²) >= 11 is 0. The quantitative estimate of drug-likeness (QED) is 0.829. The molecule has 0 spiro atoms. The molecular weight excluding hydrogens is 318 g/mol. The highest BCUT2D eigenvalue weighted by molar-refractivity contribution is 5.81. The summed E-state index contributed by atoms with van der Waals surface area (Å²) in [5.74, 6) is 0.0546. The summed E-state index contributed by atoms with van der Waals surface area (Å²) in [4.78, 5) is 14.9. The fraction of sp³-hybridized carbons (Fsp3) is 0.611. The molecule has 0 unspecified atom stereocenters. The first-order valence-corrected chi connectivity index (χ1v) is 8.75. The molecule has 3 rings (SSSR count). The molecule has 25 heavy (non-hydrogen) atoms. The van der Waals surface area contributed by atoms with Gasteiger partial charge in [-0.05, 0) is 39.7 Å². The average Bonchev–Trinajstić information content (AvgIpc) is 3.24. The molecule has 7 heteroatoms. The Balaban J connectivity index is 1.88. The molecule has 1 atom stereocenters. The first-order chi connectivity index (χ1) is 11.9. The van der Waals surface area contributed by atoms with Crippen LogP contribution in [0.5, 0.6) is 0 Å². The molecule has 7 nitrogen and oxygen atoms in total. The van der Waals surface area contributed by atoms with Crippen molar-refractivity contribution in [3.63, 3.8) is 0 Å². The molecule has 1 saturated heterocycles. The fourth-order valence-corrected chi connectivity index (χ4v) is 3.43. The van der Waals surface area contributed by atoms with Crippen LogP contribution in [0.2, 0.25) is 0 Å². The van der Waals surface area contributed by atoms with Crippen LogP contribution >= 0.6 is 0 Å². The number of carbonyl (C=O) groups is 1. The van der Waals surface area contributed by atoms with Crippen LogP contribution in [0.15, 0.2) is 6.07 Å². The van der Waals surface area contributed by atoms with Crippen molar-refractivity contribution in [2.24, 2.45) is 14.1 Å². The monoisotopic (exact) mass is 345 g/mol. The maximum atomic E-state index is 13.0. The van der Waals surface area contributed by atoms with E-state index in [1.54, 1.807) is 0 Å². The first kappa shape index (κ1) is 17.7. The van der Waals surface area contributed by atoms with Gasteiger partial charge in [-0.15, -0.1) is 0 Å². The van der Waals surface area contributed by atoms with Crippen molar-refractivity contribution in [3.05, 3.63) is 34.4 Å². The highest BCUT2D eigenvalue weighted by atomic mass is 16.5. The second-order valence-corrected chi connectivity index (χ2v) is 6.87. The normalized spacial score (nSPS) is 17.2. The molecule has 1 fully saturated rings. The number of hydrogen-bond donors (Lipinski definition) is 0. The molecule has 2 aromatic heterocycles. The highest BCUT2D eigenvalue weighted by Crippen LogP contribution is 2.21. The summed E-state index contributed by atoms with van der Waals surface area (Å²) in [7, 11) is 3.85. The minimum absolute atomic E-state index is 0.0546. The van der Waals surface area contributed by atoms with Crippen molar-refractivity contribution in [1.82, 2.24) is 24.5 Å². The number of carbonyl (C=O) groups excluding carboxylic acids is 1. The van der Waals surface area contributed by atoms with Gasteiger partial charge >= 0.3 is 0 Å². The van der Waals surface area contributed by atoms with Crippen LogP contribution in [-0.2, 0) is 36.7 Å². The second-order valence-electron chi connectivity index (χ2n) is 6.87. The van der Waals surface area contributed by atoms with Crippen LogP contribution in [0.3, 0.4) is 0 Å². The number of aromatic nitrogens is 4. The van der Waals surface area contributed by atoms with Crippen LogP contribution in [0, 0.1) is 20.8 Å². The summed E-state index contributed by atoms with van der Waals surface area (Å²) in [5, 5.41) is 8.88. The lowest BCUT2D eigenvalue weighted by Crippen LogP contribution is -2.38. The zero-order valence-electron chi connectivity index (χ0n) is 15.7. The smallest absolute Gasteiger partial charge is 0.252 e. The molecule has 0 aromatic carbocycles. The molecular formula is C18H27N5O2. The number of nitrogens with zero attached hydrogens (tertiary/aromatic N) is 5. The van der Waals surface area contributed by atoms with E-state index in [1.165, 1.54) is 0 Å². The Kier molecular flexibility index (Phi) is 4.94. The Morgan fingerprint density at radius 2 is 2.00 bits per heavy atom. The number of aryl methyl sites for hydroxylation is 4. The molecule has 0 saturated carbocycles. The highest BCUT2D eigenvalue weighted by Gasteiger charge is 2.30. The van der Waals surface area contributed by atoms with Gasteiger partial charge in [0.05, 0.1) is 23.6 Å². The van der Waals surface area contributed by atoms with Gasteiger partial charge in [-0.3, -0.25) is 14.2 Å². The lowest BCUT2D eigenvalue weighted by Gasteiger charge is -2.25. The van der Waals surface area contributed by atoms with Crippen LogP contribution in [0.25, 0.3) is 0 Å². The van der Waals surface area contributed by atoms with E-state index in [2.05, 4.69) is 10.2 Å². The SMILES string of the molecule is Cc1cc(CN(Cc2c(C)nn(C)c2C)C(=O)[C@@H]2CCCO2)n(C)n1. The molecule has 0 bridgehead atoms. The topological polar surface area (TPSA) is 65.2 Å². The summed E-state index contributed by atoms with van der Waals surface area (Å²) in [6, 6.07) is 2.03. The van der Waals surface area contributed by atoms with Gasteiger partial charge in [-0.2, -0.15) is 10.2 Å². The Morgan fingerprint density at radius 3 is 2.52 bits per heavy atom. The maximum Gasteiger partial charge on any atom is 0.252 e. The zero-order valence-corrected chi connectivity index (χ0v) is 15.7.